The Bertz CT molecular complexity index is 775. The quantitative estimate of drug-likeness (QED) is 0.392. The number of aromatic amines is 1. The molecule has 0 amide bonds. The number of benzene rings is 1. The van der Waals surface area contributed by atoms with Crippen molar-refractivity contribution in [2.45, 2.75) is 0 Å². The predicted molar refractivity (Wildman–Crippen MR) is 73.3 cm³/mol. The molecule has 0 atom stereocenters. The molecule has 1 aromatic heterocycles. The van der Waals surface area contributed by atoms with Crippen molar-refractivity contribution in [3.05, 3.63) is 56.9 Å². The van der Waals surface area contributed by atoms with Gasteiger partial charge in [0.2, 0.25) is 5.82 Å². The second-order valence-corrected chi connectivity index (χ2v) is 4.17. The van der Waals surface area contributed by atoms with Gasteiger partial charge in [-0.05, 0) is 6.07 Å². The number of nitrogens with zero attached hydrogens (tertiary/aromatic N) is 2. The highest BCUT2D eigenvalue weighted by molar-refractivity contribution is 6.32. The molecular weight excluding hydrogens is 303 g/mol. The van der Waals surface area contributed by atoms with E-state index in [-0.39, 0.29) is 16.5 Å². The van der Waals surface area contributed by atoms with Crippen LogP contribution in [-0.2, 0) is 0 Å². The molecule has 108 valence electrons. The zero-order chi connectivity index (χ0) is 15.4. The molecule has 2 N–H and O–H groups in total. The molecule has 1 heterocycles. The molecule has 0 spiro atoms. The largest absolute Gasteiger partial charge is 0.455 e. The maximum Gasteiger partial charge on any atom is 0.306 e. The number of nitro groups is 1. The van der Waals surface area contributed by atoms with Crippen LogP contribution in [0.2, 0.25) is 5.02 Å². The minimum Gasteiger partial charge on any atom is -0.455 e. The second kappa shape index (κ2) is 6.14. The molecule has 2 aromatic rings. The number of hydrogen-bond donors (Lipinski definition) is 2. The highest BCUT2D eigenvalue weighted by atomic mass is 35.5. The number of H-pyrrole nitrogens is 1. The lowest BCUT2D eigenvalue weighted by atomic mass is 10.3. The molecule has 0 bridgehead atoms. The van der Waals surface area contributed by atoms with Gasteiger partial charge in [0, 0.05) is 24.4 Å². The summed E-state index contributed by atoms with van der Waals surface area (Å²) < 4.78 is 18.9. The predicted octanol–water partition coefficient (Wildman–Crippen LogP) is 3.02. The third-order valence-electron chi connectivity index (χ3n) is 2.39. The van der Waals surface area contributed by atoms with Gasteiger partial charge in [0.15, 0.2) is 0 Å². The molecule has 7 nitrogen and oxygen atoms in total. The number of nitro benzene ring substituents is 1. The monoisotopic (exact) mass is 310 g/mol. The fourth-order valence-electron chi connectivity index (χ4n) is 1.50. The number of pyridine rings is 1. The van der Waals surface area contributed by atoms with Gasteiger partial charge in [-0.15, -0.1) is 0 Å². The van der Waals surface area contributed by atoms with Crippen molar-refractivity contribution in [2.24, 2.45) is 4.99 Å². The van der Waals surface area contributed by atoms with E-state index in [0.717, 1.165) is 18.5 Å². The highest BCUT2D eigenvalue weighted by Crippen LogP contribution is 2.33. The van der Waals surface area contributed by atoms with Crippen LogP contribution in [0.3, 0.4) is 0 Å². The first-order valence-corrected chi connectivity index (χ1v) is 5.92. The van der Waals surface area contributed by atoms with Crippen LogP contribution < -0.4 is 10.2 Å². The molecular formula is C12H8ClFN4O3. The highest BCUT2D eigenvalue weighted by Gasteiger charge is 2.18. The van der Waals surface area contributed by atoms with E-state index in [0.29, 0.717) is 5.49 Å². The van der Waals surface area contributed by atoms with E-state index in [2.05, 4.69) is 9.98 Å². The van der Waals surface area contributed by atoms with Crippen LogP contribution in [0.4, 0.5) is 10.1 Å². The van der Waals surface area contributed by atoms with Crippen LogP contribution in [0.15, 0.2) is 35.5 Å². The molecule has 0 aliphatic carbocycles. The lowest BCUT2D eigenvalue weighted by Gasteiger charge is -2.07. The molecule has 2 rings (SSSR count). The fourth-order valence-corrected chi connectivity index (χ4v) is 1.70. The Morgan fingerprint density at radius 2 is 2.24 bits per heavy atom. The van der Waals surface area contributed by atoms with Crippen LogP contribution >= 0.6 is 11.6 Å². The number of nitrogens with one attached hydrogen (secondary N) is 2. The fraction of sp³-hybridized carbons (Fsp3) is 0. The van der Waals surface area contributed by atoms with Crippen molar-refractivity contribution >= 4 is 23.6 Å². The van der Waals surface area contributed by atoms with Crippen molar-refractivity contribution in [2.75, 3.05) is 0 Å². The Morgan fingerprint density at radius 1 is 1.48 bits per heavy atom. The zero-order valence-corrected chi connectivity index (χ0v) is 11.1. The summed E-state index contributed by atoms with van der Waals surface area (Å²) in [5, 5.41) is 17.4. The Morgan fingerprint density at radius 3 is 2.90 bits per heavy atom. The maximum atomic E-state index is 13.5. The molecule has 0 aliphatic rings. The molecule has 0 radical (unpaired) electrons. The van der Waals surface area contributed by atoms with E-state index in [4.69, 9.17) is 21.7 Å². The van der Waals surface area contributed by atoms with E-state index in [1.807, 2.05) is 0 Å². The summed E-state index contributed by atoms with van der Waals surface area (Å²) in [6.07, 6.45) is 2.35. The van der Waals surface area contributed by atoms with Crippen LogP contribution in [0.1, 0.15) is 0 Å². The summed E-state index contributed by atoms with van der Waals surface area (Å²) in [5.41, 5.74) is -0.380. The third kappa shape index (κ3) is 3.42. The molecule has 0 saturated carbocycles. The molecule has 9 heteroatoms. The number of ether oxygens (including phenoxy) is 1. The van der Waals surface area contributed by atoms with Gasteiger partial charge in [-0.2, -0.15) is 4.39 Å². The van der Waals surface area contributed by atoms with Gasteiger partial charge in [-0.1, -0.05) is 11.6 Å². The van der Waals surface area contributed by atoms with Crippen LogP contribution in [0.5, 0.6) is 11.5 Å². The van der Waals surface area contributed by atoms with Gasteiger partial charge in [0.25, 0.3) is 0 Å². The first-order chi connectivity index (χ1) is 10.0. The molecule has 1 aromatic carbocycles. The minimum absolute atomic E-state index is 0.0632. The van der Waals surface area contributed by atoms with E-state index in [1.54, 1.807) is 0 Å². The van der Waals surface area contributed by atoms with E-state index in [1.165, 1.54) is 18.3 Å². The van der Waals surface area contributed by atoms with Crippen molar-refractivity contribution in [1.82, 2.24) is 4.98 Å². The van der Waals surface area contributed by atoms with Crippen molar-refractivity contribution in [3.8, 4) is 11.5 Å². The van der Waals surface area contributed by atoms with Crippen molar-refractivity contribution in [1.29, 1.82) is 5.41 Å². The molecule has 21 heavy (non-hydrogen) atoms. The van der Waals surface area contributed by atoms with Crippen LogP contribution in [0.25, 0.3) is 0 Å². The standard InChI is InChI=1S/C12H8ClFN4O3/c13-8-4-10(18(19)20)9(14)5-11(8)21-7-1-2-16-12(3-7)17-6-15/h1-6H,(H2,15,16,17). The lowest BCUT2D eigenvalue weighted by Crippen LogP contribution is -2.06. The smallest absolute Gasteiger partial charge is 0.306 e. The SMILES string of the molecule is N=C/N=c1/cc(Oc2cc(F)c([N+](=O)[O-])cc2Cl)cc[nH]1. The number of halogens is 2. The van der Waals surface area contributed by atoms with Crippen LogP contribution in [-0.4, -0.2) is 16.2 Å². The summed E-state index contributed by atoms with van der Waals surface area (Å²) in [6, 6.07) is 4.70. The van der Waals surface area contributed by atoms with E-state index < -0.39 is 16.4 Å². The molecule has 0 unspecified atom stereocenters. The molecule has 0 saturated heterocycles. The van der Waals surface area contributed by atoms with E-state index in [9.17, 15) is 14.5 Å². The van der Waals surface area contributed by atoms with Gasteiger partial charge in [0.05, 0.1) is 9.95 Å². The van der Waals surface area contributed by atoms with Crippen molar-refractivity contribution < 1.29 is 14.1 Å². The van der Waals surface area contributed by atoms with Gasteiger partial charge in [0.1, 0.15) is 23.3 Å². The van der Waals surface area contributed by atoms with E-state index >= 15 is 0 Å². The van der Waals surface area contributed by atoms with Gasteiger partial charge in [-0.25, -0.2) is 4.99 Å². The Balaban J connectivity index is 2.38. The van der Waals surface area contributed by atoms with Crippen molar-refractivity contribution in [3.63, 3.8) is 0 Å². The van der Waals surface area contributed by atoms with Gasteiger partial charge in [-0.3, -0.25) is 15.5 Å². The van der Waals surface area contributed by atoms with Crippen LogP contribution in [0, 0.1) is 21.3 Å². The Labute approximate surface area is 122 Å². The minimum atomic E-state index is -1.05. The summed E-state index contributed by atoms with van der Waals surface area (Å²) in [6.45, 7) is 0. The second-order valence-electron chi connectivity index (χ2n) is 3.76. The topological polar surface area (TPSA) is 104 Å². The number of rotatable bonds is 4. The normalized spacial score (nSPS) is 11.2. The summed E-state index contributed by atoms with van der Waals surface area (Å²) in [4.78, 5) is 16.2. The Hall–Kier alpha value is -2.74. The molecule has 0 aliphatic heterocycles. The maximum absolute atomic E-state index is 13.5. The Kier molecular flexibility index (Phi) is 4.29. The number of aromatic nitrogens is 1. The average molecular weight is 311 g/mol. The number of hydrogen-bond acceptors (Lipinski definition) is 4. The first-order valence-electron chi connectivity index (χ1n) is 5.54. The van der Waals surface area contributed by atoms with Gasteiger partial charge < -0.3 is 9.72 Å². The lowest BCUT2D eigenvalue weighted by molar-refractivity contribution is -0.387. The summed E-state index contributed by atoms with van der Waals surface area (Å²) in [7, 11) is 0. The summed E-state index contributed by atoms with van der Waals surface area (Å²) in [5.74, 6) is -0.831. The third-order valence-corrected chi connectivity index (χ3v) is 2.68. The first kappa shape index (κ1) is 14.7. The van der Waals surface area contributed by atoms with Gasteiger partial charge >= 0.3 is 5.69 Å². The molecule has 0 fully saturated rings. The average Bonchev–Trinajstić information content (AvgIpc) is 2.43. The zero-order valence-electron chi connectivity index (χ0n) is 10.3. The summed E-state index contributed by atoms with van der Waals surface area (Å²) >= 11 is 5.83.